The lowest BCUT2D eigenvalue weighted by Gasteiger charge is -2.36. The highest BCUT2D eigenvalue weighted by atomic mass is 79.9. The van der Waals surface area contributed by atoms with Crippen LogP contribution in [-0.2, 0) is 20.0 Å². The zero-order valence-electron chi connectivity index (χ0n) is 12.5. The molecule has 5 heteroatoms. The van der Waals surface area contributed by atoms with Gasteiger partial charge in [-0.25, -0.2) is 0 Å². The van der Waals surface area contributed by atoms with E-state index in [0.29, 0.717) is 6.04 Å². The Morgan fingerprint density at radius 3 is 2.74 bits per heavy atom. The number of rotatable bonds is 4. The fourth-order valence-electron chi connectivity index (χ4n) is 2.80. The van der Waals surface area contributed by atoms with Crippen molar-refractivity contribution < 1.29 is 0 Å². The number of halogens is 1. The molecule has 1 aromatic heterocycles. The normalized spacial score (nSPS) is 21.3. The van der Waals surface area contributed by atoms with Crippen molar-refractivity contribution in [2.75, 3.05) is 27.2 Å². The predicted molar refractivity (Wildman–Crippen MR) is 82.3 cm³/mol. The molecule has 0 N–H and O–H groups in total. The van der Waals surface area contributed by atoms with E-state index in [1.807, 2.05) is 11.7 Å². The summed E-state index contributed by atoms with van der Waals surface area (Å²) in [7, 11) is 6.42. The molecule has 0 radical (unpaired) electrons. The molecule has 0 aromatic carbocycles. The number of aromatic nitrogens is 2. The van der Waals surface area contributed by atoms with Crippen molar-refractivity contribution in [3.05, 3.63) is 15.9 Å². The minimum atomic E-state index is 0.686. The molecule has 1 aliphatic rings. The number of aryl methyl sites for hydroxylation is 2. The van der Waals surface area contributed by atoms with E-state index >= 15 is 0 Å². The van der Waals surface area contributed by atoms with E-state index in [4.69, 9.17) is 0 Å². The van der Waals surface area contributed by atoms with Gasteiger partial charge in [0.2, 0.25) is 0 Å². The maximum absolute atomic E-state index is 4.58. The molecular weight excluding hydrogens is 304 g/mol. The molecule has 0 spiro atoms. The number of hydrogen-bond acceptors (Lipinski definition) is 3. The maximum Gasteiger partial charge on any atom is 0.0767 e. The molecule has 1 unspecified atom stereocenters. The van der Waals surface area contributed by atoms with E-state index in [-0.39, 0.29) is 0 Å². The first kappa shape index (κ1) is 15.0. The summed E-state index contributed by atoms with van der Waals surface area (Å²) in [5.41, 5.74) is 2.47. The molecule has 19 heavy (non-hydrogen) atoms. The minimum Gasteiger partial charge on any atom is -0.305 e. The van der Waals surface area contributed by atoms with Gasteiger partial charge in [-0.2, -0.15) is 5.10 Å². The third-order valence-corrected chi connectivity index (χ3v) is 5.00. The number of likely N-dealkylation sites (N-methyl/N-ethyl adjacent to an activating group) is 1. The first-order chi connectivity index (χ1) is 9.02. The van der Waals surface area contributed by atoms with Crippen molar-refractivity contribution in [3.63, 3.8) is 0 Å². The quantitative estimate of drug-likeness (QED) is 0.847. The third-order valence-electron chi connectivity index (χ3n) is 4.09. The average molecular weight is 329 g/mol. The van der Waals surface area contributed by atoms with Crippen molar-refractivity contribution in [2.45, 2.75) is 38.8 Å². The summed E-state index contributed by atoms with van der Waals surface area (Å²) in [6.45, 7) is 5.50. The van der Waals surface area contributed by atoms with Crippen LogP contribution >= 0.6 is 15.9 Å². The van der Waals surface area contributed by atoms with Crippen LogP contribution in [0, 0.1) is 0 Å². The summed E-state index contributed by atoms with van der Waals surface area (Å²) in [4.78, 5) is 4.90. The van der Waals surface area contributed by atoms with Crippen LogP contribution in [0.25, 0.3) is 0 Å². The van der Waals surface area contributed by atoms with E-state index in [9.17, 15) is 0 Å². The highest BCUT2D eigenvalue weighted by molar-refractivity contribution is 9.10. The summed E-state index contributed by atoms with van der Waals surface area (Å²) in [6.07, 6.45) is 3.59. The van der Waals surface area contributed by atoms with Crippen LogP contribution in [0.1, 0.15) is 31.2 Å². The fraction of sp³-hybridized carbons (Fsp3) is 0.786. The van der Waals surface area contributed by atoms with Gasteiger partial charge in [-0.15, -0.1) is 0 Å². The molecule has 1 atom stereocenters. The van der Waals surface area contributed by atoms with Crippen LogP contribution in [0.2, 0.25) is 0 Å². The first-order valence-electron chi connectivity index (χ1n) is 7.12. The van der Waals surface area contributed by atoms with E-state index < -0.39 is 0 Å². The van der Waals surface area contributed by atoms with E-state index in [2.05, 4.69) is 51.8 Å². The van der Waals surface area contributed by atoms with Gasteiger partial charge in [0.1, 0.15) is 0 Å². The van der Waals surface area contributed by atoms with Gasteiger partial charge in [0.05, 0.1) is 15.9 Å². The molecule has 0 amide bonds. The zero-order chi connectivity index (χ0) is 14.0. The molecule has 1 saturated heterocycles. The Kier molecular flexibility index (Phi) is 5.03. The SMILES string of the molecule is CCc1nn(C)c(CN2CCCC(N(C)C)C2)c1Br. The van der Waals surface area contributed by atoms with Crippen LogP contribution in [0.15, 0.2) is 4.47 Å². The van der Waals surface area contributed by atoms with Gasteiger partial charge in [0.15, 0.2) is 0 Å². The highest BCUT2D eigenvalue weighted by Gasteiger charge is 2.23. The Bertz CT molecular complexity index is 427. The first-order valence-corrected chi connectivity index (χ1v) is 7.91. The number of hydrogen-bond donors (Lipinski definition) is 0. The van der Waals surface area contributed by atoms with Crippen LogP contribution in [-0.4, -0.2) is 52.8 Å². The van der Waals surface area contributed by atoms with Crippen LogP contribution in [0.4, 0.5) is 0 Å². The van der Waals surface area contributed by atoms with Crippen molar-refractivity contribution in [2.24, 2.45) is 7.05 Å². The van der Waals surface area contributed by atoms with Crippen molar-refractivity contribution >= 4 is 15.9 Å². The van der Waals surface area contributed by atoms with E-state index in [1.165, 1.54) is 35.2 Å². The van der Waals surface area contributed by atoms with Gasteiger partial charge < -0.3 is 4.90 Å². The molecule has 0 bridgehead atoms. The fourth-order valence-corrected chi connectivity index (χ4v) is 3.54. The van der Waals surface area contributed by atoms with E-state index in [1.54, 1.807) is 0 Å². The van der Waals surface area contributed by atoms with Gasteiger partial charge in [-0.3, -0.25) is 9.58 Å². The Morgan fingerprint density at radius 2 is 2.16 bits per heavy atom. The third kappa shape index (κ3) is 3.38. The molecule has 1 fully saturated rings. The molecule has 108 valence electrons. The summed E-state index contributed by atoms with van der Waals surface area (Å²) >= 11 is 3.71. The summed E-state index contributed by atoms with van der Waals surface area (Å²) in [5.74, 6) is 0. The van der Waals surface area contributed by atoms with Gasteiger partial charge >= 0.3 is 0 Å². The summed E-state index contributed by atoms with van der Waals surface area (Å²) in [5, 5.41) is 4.58. The van der Waals surface area contributed by atoms with Crippen LogP contribution in [0.3, 0.4) is 0 Å². The van der Waals surface area contributed by atoms with Gasteiger partial charge in [0.25, 0.3) is 0 Å². The molecule has 1 aromatic rings. The Balaban J connectivity index is 2.06. The lowest BCUT2D eigenvalue weighted by molar-refractivity contribution is 0.125. The van der Waals surface area contributed by atoms with Gasteiger partial charge in [-0.05, 0) is 55.8 Å². The van der Waals surface area contributed by atoms with Crippen LogP contribution in [0.5, 0.6) is 0 Å². The molecule has 2 rings (SSSR count). The lowest BCUT2D eigenvalue weighted by atomic mass is 10.0. The Hall–Kier alpha value is -0.390. The highest BCUT2D eigenvalue weighted by Crippen LogP contribution is 2.24. The van der Waals surface area contributed by atoms with Crippen molar-refractivity contribution in [1.29, 1.82) is 0 Å². The monoisotopic (exact) mass is 328 g/mol. The molecule has 1 aliphatic heterocycles. The summed E-state index contributed by atoms with van der Waals surface area (Å²) < 4.78 is 3.23. The molecule has 2 heterocycles. The second kappa shape index (κ2) is 6.37. The predicted octanol–water partition coefficient (Wildman–Crippen LogP) is 2.27. The Morgan fingerprint density at radius 1 is 1.42 bits per heavy atom. The second-order valence-electron chi connectivity index (χ2n) is 5.68. The zero-order valence-corrected chi connectivity index (χ0v) is 14.1. The Labute approximate surface area is 124 Å². The van der Waals surface area contributed by atoms with Crippen molar-refractivity contribution in [1.82, 2.24) is 19.6 Å². The van der Waals surface area contributed by atoms with Gasteiger partial charge in [0, 0.05) is 26.2 Å². The smallest absolute Gasteiger partial charge is 0.0767 e. The number of piperidine rings is 1. The second-order valence-corrected chi connectivity index (χ2v) is 6.47. The molecule has 0 aliphatic carbocycles. The molecule has 4 nitrogen and oxygen atoms in total. The van der Waals surface area contributed by atoms with Crippen LogP contribution < -0.4 is 0 Å². The molecule has 0 saturated carbocycles. The topological polar surface area (TPSA) is 24.3 Å². The lowest BCUT2D eigenvalue weighted by Crippen LogP contribution is -2.44. The largest absolute Gasteiger partial charge is 0.305 e. The standard InChI is InChI=1S/C14H25BrN4/c1-5-12-14(15)13(18(4)16-12)10-19-8-6-7-11(9-19)17(2)3/h11H,5-10H2,1-4H3. The number of likely N-dealkylation sites (tertiary alicyclic amines) is 1. The average Bonchev–Trinajstić information content (AvgIpc) is 2.66. The maximum atomic E-state index is 4.58. The summed E-state index contributed by atoms with van der Waals surface area (Å²) in [6, 6.07) is 0.686. The van der Waals surface area contributed by atoms with E-state index in [0.717, 1.165) is 19.5 Å². The minimum absolute atomic E-state index is 0.686. The number of nitrogens with zero attached hydrogens (tertiary/aromatic N) is 4. The van der Waals surface area contributed by atoms with Crippen molar-refractivity contribution in [3.8, 4) is 0 Å². The van der Waals surface area contributed by atoms with Gasteiger partial charge in [-0.1, -0.05) is 6.92 Å². The molecular formula is C14H25BrN4.